The molecule has 0 amide bonds. The summed E-state index contributed by atoms with van der Waals surface area (Å²) in [4.78, 5) is 0. The van der Waals surface area contributed by atoms with E-state index < -0.39 is 0 Å². The molecule has 2 N–H and O–H groups in total. The van der Waals surface area contributed by atoms with Crippen molar-refractivity contribution in [2.24, 2.45) is 11.1 Å². The molecule has 2 atom stereocenters. The summed E-state index contributed by atoms with van der Waals surface area (Å²) < 4.78 is 26.9. The van der Waals surface area contributed by atoms with Crippen molar-refractivity contribution in [3.63, 3.8) is 0 Å². The van der Waals surface area contributed by atoms with Crippen LogP contribution in [0.3, 0.4) is 0 Å². The maximum atomic E-state index is 13.6. The molecular weight excluding hydrogens is 196 g/mol. The Morgan fingerprint density at radius 3 is 2.20 bits per heavy atom. The Bertz CT molecular complexity index is 412. The van der Waals surface area contributed by atoms with Crippen molar-refractivity contribution >= 4 is 0 Å². The Hall–Kier alpha value is -0.960. The SMILES string of the molecule is Cc1cc(F)c(C2C(N)C2(C)C)cc1F. The van der Waals surface area contributed by atoms with Crippen LogP contribution in [-0.2, 0) is 0 Å². The van der Waals surface area contributed by atoms with Gasteiger partial charge in [-0.2, -0.15) is 0 Å². The fraction of sp³-hybridized carbons (Fsp3) is 0.500. The molecule has 1 aromatic carbocycles. The van der Waals surface area contributed by atoms with Gasteiger partial charge in [-0.1, -0.05) is 13.8 Å². The Labute approximate surface area is 88.3 Å². The van der Waals surface area contributed by atoms with Crippen LogP contribution in [0.25, 0.3) is 0 Å². The highest BCUT2D eigenvalue weighted by atomic mass is 19.1. The maximum absolute atomic E-state index is 13.6. The van der Waals surface area contributed by atoms with Gasteiger partial charge in [-0.3, -0.25) is 0 Å². The van der Waals surface area contributed by atoms with Gasteiger partial charge < -0.3 is 5.73 Å². The molecule has 0 aliphatic heterocycles. The topological polar surface area (TPSA) is 26.0 Å². The minimum atomic E-state index is -0.360. The van der Waals surface area contributed by atoms with Crippen molar-refractivity contribution in [2.75, 3.05) is 0 Å². The van der Waals surface area contributed by atoms with Gasteiger partial charge >= 0.3 is 0 Å². The quantitative estimate of drug-likeness (QED) is 0.759. The van der Waals surface area contributed by atoms with Gasteiger partial charge in [0.1, 0.15) is 11.6 Å². The molecule has 2 rings (SSSR count). The summed E-state index contributed by atoms with van der Waals surface area (Å²) in [7, 11) is 0. The summed E-state index contributed by atoms with van der Waals surface area (Å²) in [6.07, 6.45) is 0. The van der Waals surface area contributed by atoms with E-state index in [-0.39, 0.29) is 29.0 Å². The normalized spacial score (nSPS) is 27.9. The highest BCUT2D eigenvalue weighted by Crippen LogP contribution is 2.57. The van der Waals surface area contributed by atoms with Gasteiger partial charge in [0.05, 0.1) is 0 Å². The van der Waals surface area contributed by atoms with Gasteiger partial charge in [0, 0.05) is 12.0 Å². The van der Waals surface area contributed by atoms with Gasteiger partial charge in [0.15, 0.2) is 0 Å². The summed E-state index contributed by atoms with van der Waals surface area (Å²) in [6, 6.07) is 2.45. The zero-order chi connectivity index (χ0) is 11.4. The summed E-state index contributed by atoms with van der Waals surface area (Å²) in [5.74, 6) is -0.770. The third-order valence-corrected chi connectivity index (χ3v) is 3.52. The monoisotopic (exact) mass is 211 g/mol. The molecular formula is C12H15F2N. The van der Waals surface area contributed by atoms with E-state index >= 15 is 0 Å². The highest BCUT2D eigenvalue weighted by molar-refractivity contribution is 5.37. The first-order valence-corrected chi connectivity index (χ1v) is 5.07. The highest BCUT2D eigenvalue weighted by Gasteiger charge is 2.57. The summed E-state index contributed by atoms with van der Waals surface area (Å²) in [5, 5.41) is 0. The standard InChI is InChI=1S/C12H15F2N/c1-6-4-9(14)7(5-8(6)13)10-11(15)12(10,2)3/h4-5,10-11H,15H2,1-3H3. The van der Waals surface area contributed by atoms with Gasteiger partial charge in [0.2, 0.25) is 0 Å². The van der Waals surface area contributed by atoms with Gasteiger partial charge in [-0.05, 0) is 35.6 Å². The largest absolute Gasteiger partial charge is 0.327 e. The predicted molar refractivity (Wildman–Crippen MR) is 55.6 cm³/mol. The molecule has 2 unspecified atom stereocenters. The maximum Gasteiger partial charge on any atom is 0.127 e. The average Bonchev–Trinajstić information content (AvgIpc) is 2.60. The molecule has 3 heteroatoms. The Morgan fingerprint density at radius 2 is 1.73 bits per heavy atom. The Balaban J connectivity index is 2.43. The first kappa shape index (κ1) is 10.6. The van der Waals surface area contributed by atoms with E-state index in [1.54, 1.807) is 6.92 Å². The van der Waals surface area contributed by atoms with Crippen LogP contribution >= 0.6 is 0 Å². The Morgan fingerprint density at radius 1 is 1.20 bits per heavy atom. The van der Waals surface area contributed by atoms with E-state index in [9.17, 15) is 8.78 Å². The van der Waals surface area contributed by atoms with E-state index in [1.807, 2.05) is 13.8 Å². The van der Waals surface area contributed by atoms with Crippen molar-refractivity contribution < 1.29 is 8.78 Å². The van der Waals surface area contributed by atoms with E-state index in [1.165, 1.54) is 12.1 Å². The molecule has 1 nitrogen and oxygen atoms in total. The molecule has 0 aromatic heterocycles. The second kappa shape index (κ2) is 3.01. The van der Waals surface area contributed by atoms with Crippen molar-refractivity contribution in [3.05, 3.63) is 34.9 Å². The predicted octanol–water partition coefficient (Wildman–Crippen LogP) is 2.72. The number of hydrogen-bond acceptors (Lipinski definition) is 1. The molecule has 0 saturated heterocycles. The molecule has 1 fully saturated rings. The van der Waals surface area contributed by atoms with E-state index in [0.717, 1.165) is 0 Å². The number of nitrogens with two attached hydrogens (primary N) is 1. The number of hydrogen-bond donors (Lipinski definition) is 1. The van der Waals surface area contributed by atoms with Crippen LogP contribution < -0.4 is 5.73 Å². The fourth-order valence-corrected chi connectivity index (χ4v) is 2.17. The zero-order valence-corrected chi connectivity index (χ0v) is 9.14. The molecule has 0 heterocycles. The molecule has 0 radical (unpaired) electrons. The molecule has 0 spiro atoms. The van der Waals surface area contributed by atoms with Crippen molar-refractivity contribution in [1.82, 2.24) is 0 Å². The summed E-state index contributed by atoms with van der Waals surface area (Å²) in [6.45, 7) is 5.50. The van der Waals surface area contributed by atoms with Crippen molar-refractivity contribution in [2.45, 2.75) is 32.7 Å². The lowest BCUT2D eigenvalue weighted by molar-refractivity contribution is 0.556. The van der Waals surface area contributed by atoms with Crippen molar-refractivity contribution in [1.29, 1.82) is 0 Å². The van der Waals surface area contributed by atoms with Crippen LogP contribution in [0.5, 0.6) is 0 Å². The molecule has 15 heavy (non-hydrogen) atoms. The summed E-state index contributed by atoms with van der Waals surface area (Å²) >= 11 is 0. The minimum absolute atomic E-state index is 0.0624. The number of rotatable bonds is 1. The van der Waals surface area contributed by atoms with E-state index in [4.69, 9.17) is 5.73 Å². The molecule has 0 bridgehead atoms. The molecule has 1 aromatic rings. The second-order valence-electron chi connectivity index (χ2n) is 4.95. The first-order chi connectivity index (χ1) is 6.85. The number of halogens is 2. The third-order valence-electron chi connectivity index (χ3n) is 3.52. The van der Waals surface area contributed by atoms with Crippen LogP contribution in [0, 0.1) is 24.0 Å². The molecule has 1 aliphatic carbocycles. The van der Waals surface area contributed by atoms with Gasteiger partial charge in [-0.25, -0.2) is 8.78 Å². The van der Waals surface area contributed by atoms with Crippen LogP contribution in [-0.4, -0.2) is 6.04 Å². The van der Waals surface area contributed by atoms with Crippen LogP contribution in [0.4, 0.5) is 8.78 Å². The molecule has 1 saturated carbocycles. The van der Waals surface area contributed by atoms with Gasteiger partial charge in [0.25, 0.3) is 0 Å². The molecule has 82 valence electrons. The lowest BCUT2D eigenvalue weighted by atomic mass is 10.0. The fourth-order valence-electron chi connectivity index (χ4n) is 2.17. The number of benzene rings is 1. The third kappa shape index (κ3) is 1.46. The smallest absolute Gasteiger partial charge is 0.127 e. The van der Waals surface area contributed by atoms with E-state index in [0.29, 0.717) is 11.1 Å². The first-order valence-electron chi connectivity index (χ1n) is 5.07. The van der Waals surface area contributed by atoms with Crippen LogP contribution in [0.15, 0.2) is 12.1 Å². The van der Waals surface area contributed by atoms with Crippen molar-refractivity contribution in [3.8, 4) is 0 Å². The lowest BCUT2D eigenvalue weighted by Crippen LogP contribution is -2.06. The van der Waals surface area contributed by atoms with Crippen LogP contribution in [0.2, 0.25) is 0 Å². The van der Waals surface area contributed by atoms with Crippen LogP contribution in [0.1, 0.15) is 30.9 Å². The van der Waals surface area contributed by atoms with E-state index in [2.05, 4.69) is 0 Å². The Kier molecular flexibility index (Phi) is 2.12. The second-order valence-corrected chi connectivity index (χ2v) is 4.95. The molecule has 1 aliphatic rings. The van der Waals surface area contributed by atoms with Gasteiger partial charge in [-0.15, -0.1) is 0 Å². The lowest BCUT2D eigenvalue weighted by Gasteiger charge is -2.06. The average molecular weight is 211 g/mol. The zero-order valence-electron chi connectivity index (χ0n) is 9.14. The number of aryl methyl sites for hydroxylation is 1. The summed E-state index contributed by atoms with van der Waals surface area (Å²) in [5.41, 5.74) is 6.47. The minimum Gasteiger partial charge on any atom is -0.327 e.